The van der Waals surface area contributed by atoms with Gasteiger partial charge in [-0.1, -0.05) is 36.0 Å². The van der Waals surface area contributed by atoms with Gasteiger partial charge in [0.15, 0.2) is 5.16 Å². The van der Waals surface area contributed by atoms with Crippen LogP contribution in [0.1, 0.15) is 15.2 Å². The molecule has 1 fully saturated rings. The molecule has 0 radical (unpaired) electrons. The fraction of sp³-hybridized carbons (Fsp3) is 0.300. The predicted molar refractivity (Wildman–Crippen MR) is 114 cm³/mol. The van der Waals surface area contributed by atoms with Gasteiger partial charge in [-0.05, 0) is 30.0 Å². The summed E-state index contributed by atoms with van der Waals surface area (Å²) in [6, 6.07) is 11.7. The van der Waals surface area contributed by atoms with Crippen LogP contribution in [0.25, 0.3) is 5.69 Å². The molecule has 3 aromatic rings. The Balaban J connectivity index is 1.32. The summed E-state index contributed by atoms with van der Waals surface area (Å²) in [5, 5.41) is 10.8. The normalized spacial score (nSPS) is 14.2. The SMILES string of the molecule is Cc1ccccc1-n1cnnc1SCC(=O)N1CCN(C(=O)c2cccs2)CC1. The lowest BCUT2D eigenvalue weighted by atomic mass is 10.2. The number of para-hydroxylation sites is 1. The van der Waals surface area contributed by atoms with E-state index in [0.717, 1.165) is 16.1 Å². The van der Waals surface area contributed by atoms with Gasteiger partial charge in [0.05, 0.1) is 16.3 Å². The van der Waals surface area contributed by atoms with Crippen molar-refractivity contribution in [2.24, 2.45) is 0 Å². The summed E-state index contributed by atoms with van der Waals surface area (Å²) < 4.78 is 1.91. The quantitative estimate of drug-likeness (QED) is 0.586. The van der Waals surface area contributed by atoms with Gasteiger partial charge in [0, 0.05) is 26.2 Å². The van der Waals surface area contributed by atoms with Gasteiger partial charge >= 0.3 is 0 Å². The third-order valence-electron chi connectivity index (χ3n) is 4.87. The molecular weight excluding hydrogens is 406 g/mol. The molecule has 9 heteroatoms. The molecule has 0 aliphatic carbocycles. The Hall–Kier alpha value is -2.65. The maximum absolute atomic E-state index is 12.7. The number of amides is 2. The Bertz CT molecular complexity index is 994. The highest BCUT2D eigenvalue weighted by molar-refractivity contribution is 7.99. The molecule has 4 rings (SSSR count). The number of nitrogens with zero attached hydrogens (tertiary/aromatic N) is 5. The van der Waals surface area contributed by atoms with Crippen molar-refractivity contribution >= 4 is 34.9 Å². The number of rotatable bonds is 5. The number of aryl methyl sites for hydroxylation is 1. The minimum atomic E-state index is 0.0489. The Kier molecular flexibility index (Phi) is 5.96. The average Bonchev–Trinajstić information content (AvgIpc) is 3.44. The summed E-state index contributed by atoms with van der Waals surface area (Å²) in [7, 11) is 0. The van der Waals surface area contributed by atoms with Crippen LogP contribution in [-0.4, -0.2) is 68.3 Å². The number of carbonyl (C=O) groups is 2. The summed E-state index contributed by atoms with van der Waals surface area (Å²) >= 11 is 2.83. The van der Waals surface area contributed by atoms with Gasteiger partial charge in [-0.3, -0.25) is 14.2 Å². The van der Waals surface area contributed by atoms with Gasteiger partial charge in [-0.25, -0.2) is 0 Å². The molecule has 0 unspecified atom stereocenters. The molecule has 1 aromatic carbocycles. The van der Waals surface area contributed by atoms with Crippen molar-refractivity contribution < 1.29 is 9.59 Å². The van der Waals surface area contributed by atoms with Crippen molar-refractivity contribution in [3.8, 4) is 5.69 Å². The van der Waals surface area contributed by atoms with E-state index in [2.05, 4.69) is 10.2 Å². The Morgan fingerprint density at radius 3 is 2.55 bits per heavy atom. The Labute approximate surface area is 177 Å². The van der Waals surface area contributed by atoms with Crippen LogP contribution in [0.3, 0.4) is 0 Å². The number of thioether (sulfide) groups is 1. The first kappa shape index (κ1) is 19.7. The van der Waals surface area contributed by atoms with Crippen molar-refractivity contribution in [2.45, 2.75) is 12.1 Å². The fourth-order valence-electron chi connectivity index (χ4n) is 3.25. The number of hydrogen-bond donors (Lipinski definition) is 0. The Morgan fingerprint density at radius 1 is 1.07 bits per heavy atom. The van der Waals surface area contributed by atoms with E-state index in [4.69, 9.17) is 0 Å². The van der Waals surface area contributed by atoms with Gasteiger partial charge in [-0.15, -0.1) is 21.5 Å². The molecule has 1 saturated heterocycles. The number of carbonyl (C=O) groups excluding carboxylic acids is 2. The molecule has 1 aliphatic heterocycles. The number of benzene rings is 1. The summed E-state index contributed by atoms with van der Waals surface area (Å²) in [5.41, 5.74) is 2.13. The van der Waals surface area contributed by atoms with Crippen LogP contribution in [0.2, 0.25) is 0 Å². The van der Waals surface area contributed by atoms with Crippen LogP contribution in [0, 0.1) is 6.92 Å². The van der Waals surface area contributed by atoms with E-state index in [-0.39, 0.29) is 11.8 Å². The maximum atomic E-state index is 12.7. The zero-order valence-electron chi connectivity index (χ0n) is 16.0. The van der Waals surface area contributed by atoms with E-state index in [0.29, 0.717) is 37.1 Å². The first-order chi connectivity index (χ1) is 14.1. The topological polar surface area (TPSA) is 71.3 Å². The van der Waals surface area contributed by atoms with Gasteiger partial charge < -0.3 is 9.80 Å². The molecule has 2 amide bonds. The molecular formula is C20H21N5O2S2. The molecule has 1 aliphatic rings. The zero-order chi connectivity index (χ0) is 20.2. The highest BCUT2D eigenvalue weighted by Gasteiger charge is 2.25. The van der Waals surface area contributed by atoms with E-state index in [1.807, 2.05) is 63.1 Å². The highest BCUT2D eigenvalue weighted by atomic mass is 32.2. The average molecular weight is 428 g/mol. The lowest BCUT2D eigenvalue weighted by Crippen LogP contribution is -2.51. The van der Waals surface area contributed by atoms with Crippen molar-refractivity contribution in [2.75, 3.05) is 31.9 Å². The van der Waals surface area contributed by atoms with Gasteiger partial charge in [0.2, 0.25) is 5.91 Å². The number of hydrogen-bond acceptors (Lipinski definition) is 6. The van der Waals surface area contributed by atoms with E-state index in [9.17, 15) is 9.59 Å². The van der Waals surface area contributed by atoms with Crippen LogP contribution in [-0.2, 0) is 4.79 Å². The smallest absolute Gasteiger partial charge is 0.264 e. The van der Waals surface area contributed by atoms with Crippen LogP contribution in [0.5, 0.6) is 0 Å². The van der Waals surface area contributed by atoms with Crippen molar-refractivity contribution in [3.05, 3.63) is 58.5 Å². The molecule has 7 nitrogen and oxygen atoms in total. The fourth-order valence-corrected chi connectivity index (χ4v) is 4.77. The second-order valence-corrected chi connectivity index (χ2v) is 8.60. The second kappa shape index (κ2) is 8.79. The van der Waals surface area contributed by atoms with E-state index >= 15 is 0 Å². The number of piperazine rings is 1. The van der Waals surface area contributed by atoms with Gasteiger partial charge in [0.25, 0.3) is 5.91 Å². The number of thiophene rings is 1. The van der Waals surface area contributed by atoms with Gasteiger partial charge in [0.1, 0.15) is 6.33 Å². The molecule has 150 valence electrons. The zero-order valence-corrected chi connectivity index (χ0v) is 17.7. The van der Waals surface area contributed by atoms with Gasteiger partial charge in [-0.2, -0.15) is 0 Å². The standard InChI is InChI=1S/C20H21N5O2S2/c1-15-5-2-3-6-16(15)25-14-21-22-20(25)29-13-18(26)23-8-10-24(11-9-23)19(27)17-7-4-12-28-17/h2-7,12,14H,8-11,13H2,1H3. The summed E-state index contributed by atoms with van der Waals surface area (Å²) in [5.74, 6) is 0.397. The molecule has 0 spiro atoms. The van der Waals surface area contributed by atoms with E-state index in [1.165, 1.54) is 23.1 Å². The van der Waals surface area contributed by atoms with Crippen LogP contribution in [0.15, 0.2) is 53.3 Å². The number of aromatic nitrogens is 3. The van der Waals surface area contributed by atoms with Crippen LogP contribution < -0.4 is 0 Å². The van der Waals surface area contributed by atoms with E-state index in [1.54, 1.807) is 6.33 Å². The lowest BCUT2D eigenvalue weighted by molar-refractivity contribution is -0.129. The largest absolute Gasteiger partial charge is 0.338 e. The first-order valence-electron chi connectivity index (χ1n) is 9.33. The molecule has 2 aromatic heterocycles. The van der Waals surface area contributed by atoms with Crippen molar-refractivity contribution in [1.29, 1.82) is 0 Å². The minimum Gasteiger partial charge on any atom is -0.338 e. The van der Waals surface area contributed by atoms with E-state index < -0.39 is 0 Å². The maximum Gasteiger partial charge on any atom is 0.264 e. The third-order valence-corrected chi connectivity index (χ3v) is 6.65. The molecule has 0 saturated carbocycles. The molecule has 0 atom stereocenters. The summed E-state index contributed by atoms with van der Waals surface area (Å²) in [4.78, 5) is 29.5. The molecule has 3 heterocycles. The first-order valence-corrected chi connectivity index (χ1v) is 11.2. The minimum absolute atomic E-state index is 0.0489. The molecule has 0 bridgehead atoms. The third kappa shape index (κ3) is 4.35. The van der Waals surface area contributed by atoms with Crippen LogP contribution in [0.4, 0.5) is 0 Å². The lowest BCUT2D eigenvalue weighted by Gasteiger charge is -2.34. The summed E-state index contributed by atoms with van der Waals surface area (Å²) in [6.07, 6.45) is 1.67. The van der Waals surface area contributed by atoms with Crippen LogP contribution >= 0.6 is 23.1 Å². The van der Waals surface area contributed by atoms with Crippen molar-refractivity contribution in [3.63, 3.8) is 0 Å². The van der Waals surface area contributed by atoms with Crippen molar-refractivity contribution in [1.82, 2.24) is 24.6 Å². The molecule has 0 N–H and O–H groups in total. The predicted octanol–water partition coefficient (Wildman–Crippen LogP) is 2.71. The summed E-state index contributed by atoms with van der Waals surface area (Å²) in [6.45, 7) is 4.27. The second-order valence-electron chi connectivity index (χ2n) is 6.71. The Morgan fingerprint density at radius 2 is 1.83 bits per heavy atom. The highest BCUT2D eigenvalue weighted by Crippen LogP contribution is 2.22. The molecule has 29 heavy (non-hydrogen) atoms. The monoisotopic (exact) mass is 427 g/mol.